The predicted molar refractivity (Wildman–Crippen MR) is 63.5 cm³/mol. The first-order valence-corrected chi connectivity index (χ1v) is 5.45. The molecule has 1 fully saturated rings. The quantitative estimate of drug-likeness (QED) is 0.754. The molecule has 1 aromatic rings. The highest BCUT2D eigenvalue weighted by Crippen LogP contribution is 2.27. The Morgan fingerprint density at radius 1 is 1.40 bits per heavy atom. The third-order valence-electron chi connectivity index (χ3n) is 3.07. The van der Waals surface area contributed by atoms with Crippen LogP contribution in [-0.4, -0.2) is 24.5 Å². The first kappa shape index (κ1) is 10.4. The van der Waals surface area contributed by atoms with Gasteiger partial charge in [0.2, 0.25) is 0 Å². The van der Waals surface area contributed by atoms with Crippen molar-refractivity contribution in [3.63, 3.8) is 0 Å². The van der Waals surface area contributed by atoms with Gasteiger partial charge in [-0.1, -0.05) is 36.4 Å². The second kappa shape index (κ2) is 4.60. The number of hydrogen-bond acceptors (Lipinski definition) is 2. The summed E-state index contributed by atoms with van der Waals surface area (Å²) in [6.45, 7) is 6.92. The van der Waals surface area contributed by atoms with Gasteiger partial charge >= 0.3 is 0 Å². The molecule has 2 heteroatoms. The summed E-state index contributed by atoms with van der Waals surface area (Å²) < 4.78 is 0. The van der Waals surface area contributed by atoms with E-state index >= 15 is 0 Å². The number of nitrogens with zero attached hydrogens (tertiary/aromatic N) is 1. The molecule has 1 atom stereocenters. The molecule has 1 unspecified atom stereocenters. The average molecular weight is 202 g/mol. The monoisotopic (exact) mass is 202 g/mol. The molecule has 0 saturated carbocycles. The van der Waals surface area contributed by atoms with Gasteiger partial charge in [-0.3, -0.25) is 4.90 Å². The number of nitrogens with two attached hydrogens (primary N) is 1. The van der Waals surface area contributed by atoms with Crippen LogP contribution in [0.3, 0.4) is 0 Å². The average Bonchev–Trinajstić information content (AvgIpc) is 2.23. The van der Waals surface area contributed by atoms with Crippen molar-refractivity contribution in [1.29, 1.82) is 0 Å². The summed E-state index contributed by atoms with van der Waals surface area (Å²) in [6.07, 6.45) is 1.95. The first-order chi connectivity index (χ1) is 7.31. The molecule has 0 spiro atoms. The van der Waals surface area contributed by atoms with Crippen LogP contribution >= 0.6 is 0 Å². The molecular formula is C13H18N2. The van der Waals surface area contributed by atoms with Gasteiger partial charge in [0.1, 0.15) is 0 Å². The zero-order chi connectivity index (χ0) is 10.7. The minimum Gasteiger partial charge on any atom is -0.324 e. The Bertz CT molecular complexity index is 315. The summed E-state index contributed by atoms with van der Waals surface area (Å²) in [7, 11) is 0. The Kier molecular flexibility index (Phi) is 3.19. The van der Waals surface area contributed by atoms with Gasteiger partial charge in [-0.25, -0.2) is 0 Å². The van der Waals surface area contributed by atoms with E-state index in [2.05, 4.69) is 35.7 Å². The van der Waals surface area contributed by atoms with Crippen LogP contribution in [0.1, 0.15) is 11.6 Å². The number of hydrogen-bond donors (Lipinski definition) is 1. The molecule has 2 N–H and O–H groups in total. The Labute approximate surface area is 91.4 Å². The van der Waals surface area contributed by atoms with Gasteiger partial charge in [0.05, 0.1) is 0 Å². The van der Waals surface area contributed by atoms with Crippen LogP contribution in [0.5, 0.6) is 0 Å². The minimum absolute atomic E-state index is 0.187. The summed E-state index contributed by atoms with van der Waals surface area (Å²) in [5, 5.41) is 0. The van der Waals surface area contributed by atoms with Crippen LogP contribution in [0, 0.1) is 5.92 Å². The third kappa shape index (κ3) is 2.28. The van der Waals surface area contributed by atoms with Crippen LogP contribution in [0.4, 0.5) is 0 Å². The molecule has 1 heterocycles. The van der Waals surface area contributed by atoms with E-state index in [0.717, 1.165) is 19.6 Å². The maximum Gasteiger partial charge on any atom is 0.0348 e. The lowest BCUT2D eigenvalue weighted by Gasteiger charge is -2.41. The molecule has 0 aromatic heterocycles. The van der Waals surface area contributed by atoms with Crippen molar-refractivity contribution in [3.8, 4) is 0 Å². The third-order valence-corrected chi connectivity index (χ3v) is 3.07. The highest BCUT2D eigenvalue weighted by atomic mass is 15.2. The Morgan fingerprint density at radius 2 is 2.07 bits per heavy atom. The largest absolute Gasteiger partial charge is 0.324 e. The van der Waals surface area contributed by atoms with E-state index in [0.29, 0.717) is 5.92 Å². The van der Waals surface area contributed by atoms with E-state index in [9.17, 15) is 0 Å². The van der Waals surface area contributed by atoms with Gasteiger partial charge in [-0.2, -0.15) is 0 Å². The summed E-state index contributed by atoms with van der Waals surface area (Å²) in [5.74, 6) is 0.604. The minimum atomic E-state index is 0.187. The number of likely N-dealkylation sites (tertiary alicyclic amines) is 1. The SMILES string of the molecule is C=CCN1CC(C(N)c2ccccc2)C1. The van der Waals surface area contributed by atoms with Gasteiger partial charge in [0, 0.05) is 31.6 Å². The molecular weight excluding hydrogens is 184 g/mol. The van der Waals surface area contributed by atoms with Gasteiger partial charge in [-0.15, -0.1) is 6.58 Å². The van der Waals surface area contributed by atoms with Crippen molar-refractivity contribution in [2.45, 2.75) is 6.04 Å². The second-order valence-electron chi connectivity index (χ2n) is 4.20. The normalized spacial score (nSPS) is 19.5. The lowest BCUT2D eigenvalue weighted by atomic mass is 9.87. The van der Waals surface area contributed by atoms with Crippen LogP contribution in [0.25, 0.3) is 0 Å². The topological polar surface area (TPSA) is 29.3 Å². The van der Waals surface area contributed by atoms with Crippen LogP contribution in [0.2, 0.25) is 0 Å². The van der Waals surface area contributed by atoms with E-state index in [4.69, 9.17) is 5.73 Å². The Balaban J connectivity index is 1.89. The first-order valence-electron chi connectivity index (χ1n) is 5.45. The van der Waals surface area contributed by atoms with Crippen molar-refractivity contribution in [2.75, 3.05) is 19.6 Å². The van der Waals surface area contributed by atoms with Gasteiger partial charge in [-0.05, 0) is 5.56 Å². The van der Waals surface area contributed by atoms with Gasteiger partial charge in [0.25, 0.3) is 0 Å². The molecule has 0 aliphatic carbocycles. The Hall–Kier alpha value is -1.12. The summed E-state index contributed by atoms with van der Waals surface area (Å²) in [4.78, 5) is 2.36. The molecule has 1 saturated heterocycles. The van der Waals surface area contributed by atoms with Gasteiger partial charge in [0.15, 0.2) is 0 Å². The number of benzene rings is 1. The summed E-state index contributed by atoms with van der Waals surface area (Å²) >= 11 is 0. The maximum atomic E-state index is 6.21. The van der Waals surface area contributed by atoms with Crippen LogP contribution < -0.4 is 5.73 Å². The highest BCUT2D eigenvalue weighted by Gasteiger charge is 2.31. The zero-order valence-electron chi connectivity index (χ0n) is 8.97. The van der Waals surface area contributed by atoms with E-state index in [1.807, 2.05) is 12.1 Å². The van der Waals surface area contributed by atoms with Crippen molar-refractivity contribution >= 4 is 0 Å². The van der Waals surface area contributed by atoms with Crippen molar-refractivity contribution < 1.29 is 0 Å². The molecule has 0 bridgehead atoms. The van der Waals surface area contributed by atoms with E-state index in [1.54, 1.807) is 0 Å². The second-order valence-corrected chi connectivity index (χ2v) is 4.20. The smallest absolute Gasteiger partial charge is 0.0348 e. The molecule has 0 amide bonds. The molecule has 1 aliphatic heterocycles. The molecule has 1 aliphatic rings. The fourth-order valence-corrected chi connectivity index (χ4v) is 2.12. The molecule has 2 rings (SSSR count). The molecule has 2 nitrogen and oxygen atoms in total. The summed E-state index contributed by atoms with van der Waals surface area (Å²) in [5.41, 5.74) is 7.46. The molecule has 1 aromatic carbocycles. The predicted octanol–water partition coefficient (Wildman–Crippen LogP) is 1.80. The van der Waals surface area contributed by atoms with E-state index < -0.39 is 0 Å². The van der Waals surface area contributed by atoms with Crippen LogP contribution in [-0.2, 0) is 0 Å². The lowest BCUT2D eigenvalue weighted by molar-refractivity contribution is 0.0951. The van der Waals surface area contributed by atoms with E-state index in [1.165, 1.54) is 5.56 Å². The van der Waals surface area contributed by atoms with Crippen molar-refractivity contribution in [3.05, 3.63) is 48.6 Å². The maximum absolute atomic E-state index is 6.21. The lowest BCUT2D eigenvalue weighted by Crippen LogP contribution is -2.50. The fourth-order valence-electron chi connectivity index (χ4n) is 2.12. The van der Waals surface area contributed by atoms with Crippen LogP contribution in [0.15, 0.2) is 43.0 Å². The molecule has 15 heavy (non-hydrogen) atoms. The molecule has 80 valence electrons. The van der Waals surface area contributed by atoms with Crippen molar-refractivity contribution in [1.82, 2.24) is 4.90 Å². The Morgan fingerprint density at radius 3 is 2.67 bits per heavy atom. The zero-order valence-corrected chi connectivity index (χ0v) is 8.97. The van der Waals surface area contributed by atoms with E-state index in [-0.39, 0.29) is 6.04 Å². The number of rotatable bonds is 4. The summed E-state index contributed by atoms with van der Waals surface area (Å²) in [6, 6.07) is 10.5. The molecule has 0 radical (unpaired) electrons. The standard InChI is InChI=1S/C13H18N2/c1-2-8-15-9-12(10-15)13(14)11-6-4-3-5-7-11/h2-7,12-13H,1,8-10,14H2. The highest BCUT2D eigenvalue weighted by molar-refractivity contribution is 5.20. The fraction of sp³-hybridized carbons (Fsp3) is 0.385. The van der Waals surface area contributed by atoms with Gasteiger partial charge < -0.3 is 5.73 Å². The van der Waals surface area contributed by atoms with Crippen molar-refractivity contribution in [2.24, 2.45) is 11.7 Å².